The van der Waals surface area contributed by atoms with Crippen LogP contribution in [0.25, 0.3) is 10.8 Å². The van der Waals surface area contributed by atoms with E-state index in [1.54, 1.807) is 7.11 Å². The third-order valence-corrected chi connectivity index (χ3v) is 3.46. The van der Waals surface area contributed by atoms with Gasteiger partial charge in [-0.2, -0.15) is 0 Å². The van der Waals surface area contributed by atoms with Gasteiger partial charge in [-0.1, -0.05) is 0 Å². The van der Waals surface area contributed by atoms with Crippen molar-refractivity contribution in [2.75, 3.05) is 32.2 Å². The van der Waals surface area contributed by atoms with Gasteiger partial charge in [0, 0.05) is 31.8 Å². The zero-order valence-electron chi connectivity index (χ0n) is 12.2. The van der Waals surface area contributed by atoms with Crippen LogP contribution in [-0.4, -0.2) is 37.4 Å². The van der Waals surface area contributed by atoms with Crippen molar-refractivity contribution in [1.29, 1.82) is 0 Å². The molecule has 0 aliphatic carbocycles. The molecule has 1 aromatic carbocycles. The number of hydrogen-bond acceptors (Lipinski definition) is 4. The standard InChI is InChI=1S/C16H22N2O2/c1-18(10-4-3-5-11-19)16-15-7-6-14(20-2)12-13(15)8-9-17-16/h6-9,12,19H,3-5,10-11H2,1-2H3. The first kappa shape index (κ1) is 14.6. The number of ether oxygens (including phenoxy) is 1. The minimum absolute atomic E-state index is 0.274. The summed E-state index contributed by atoms with van der Waals surface area (Å²) in [6.45, 7) is 1.22. The van der Waals surface area contributed by atoms with E-state index in [-0.39, 0.29) is 6.61 Å². The average Bonchev–Trinajstić information content (AvgIpc) is 2.50. The molecule has 0 amide bonds. The molecule has 0 saturated heterocycles. The summed E-state index contributed by atoms with van der Waals surface area (Å²) in [5.41, 5.74) is 0. The summed E-state index contributed by atoms with van der Waals surface area (Å²) in [6.07, 6.45) is 4.81. The van der Waals surface area contributed by atoms with Crippen LogP contribution in [0.4, 0.5) is 5.82 Å². The number of nitrogens with zero attached hydrogens (tertiary/aromatic N) is 2. The maximum absolute atomic E-state index is 8.80. The number of fused-ring (bicyclic) bond motifs is 1. The number of aliphatic hydroxyl groups is 1. The van der Waals surface area contributed by atoms with Crippen molar-refractivity contribution < 1.29 is 9.84 Å². The molecule has 0 bridgehead atoms. The van der Waals surface area contributed by atoms with Crippen LogP contribution >= 0.6 is 0 Å². The molecule has 20 heavy (non-hydrogen) atoms. The maximum atomic E-state index is 8.80. The smallest absolute Gasteiger partial charge is 0.136 e. The van der Waals surface area contributed by atoms with Crippen molar-refractivity contribution in [3.05, 3.63) is 30.5 Å². The summed E-state index contributed by atoms with van der Waals surface area (Å²) >= 11 is 0. The number of hydrogen-bond donors (Lipinski definition) is 1. The van der Waals surface area contributed by atoms with Crippen LogP contribution in [0.5, 0.6) is 5.75 Å². The number of unbranched alkanes of at least 4 members (excludes halogenated alkanes) is 2. The van der Waals surface area contributed by atoms with Gasteiger partial charge in [0.1, 0.15) is 11.6 Å². The van der Waals surface area contributed by atoms with Gasteiger partial charge in [0.2, 0.25) is 0 Å². The highest BCUT2D eigenvalue weighted by Crippen LogP contribution is 2.27. The van der Waals surface area contributed by atoms with Crippen molar-refractivity contribution in [2.24, 2.45) is 0 Å². The highest BCUT2D eigenvalue weighted by molar-refractivity contribution is 5.92. The molecule has 4 nitrogen and oxygen atoms in total. The summed E-state index contributed by atoms with van der Waals surface area (Å²) < 4.78 is 5.26. The lowest BCUT2D eigenvalue weighted by Gasteiger charge is -2.20. The maximum Gasteiger partial charge on any atom is 0.136 e. The highest BCUT2D eigenvalue weighted by atomic mass is 16.5. The largest absolute Gasteiger partial charge is 0.497 e. The molecule has 4 heteroatoms. The molecule has 2 rings (SSSR count). The van der Waals surface area contributed by atoms with Crippen LogP contribution in [0.15, 0.2) is 30.5 Å². The topological polar surface area (TPSA) is 45.6 Å². The van der Waals surface area contributed by atoms with Gasteiger partial charge in [-0.05, 0) is 48.9 Å². The molecule has 0 radical (unpaired) electrons. The summed E-state index contributed by atoms with van der Waals surface area (Å²) in [5.74, 6) is 1.86. The molecule has 1 N–H and O–H groups in total. The Morgan fingerprint density at radius 2 is 2.05 bits per heavy atom. The lowest BCUT2D eigenvalue weighted by molar-refractivity contribution is 0.283. The predicted molar refractivity (Wildman–Crippen MR) is 82.5 cm³/mol. The molecule has 0 unspecified atom stereocenters. The van der Waals surface area contributed by atoms with Gasteiger partial charge in [-0.25, -0.2) is 4.98 Å². The Labute approximate surface area is 120 Å². The van der Waals surface area contributed by atoms with E-state index in [2.05, 4.69) is 23.0 Å². The zero-order chi connectivity index (χ0) is 14.4. The number of aliphatic hydroxyl groups excluding tert-OH is 1. The lowest BCUT2D eigenvalue weighted by atomic mass is 10.1. The molecule has 0 aliphatic rings. The fourth-order valence-electron chi connectivity index (χ4n) is 2.31. The molecule has 0 aliphatic heterocycles. The number of pyridine rings is 1. The summed E-state index contributed by atoms with van der Waals surface area (Å²) in [4.78, 5) is 6.67. The second-order valence-corrected chi connectivity index (χ2v) is 4.93. The minimum atomic E-state index is 0.274. The first-order valence-corrected chi connectivity index (χ1v) is 7.01. The van der Waals surface area contributed by atoms with E-state index in [0.717, 1.165) is 48.1 Å². The summed E-state index contributed by atoms with van der Waals surface area (Å²) in [7, 11) is 3.74. The number of rotatable bonds is 7. The molecule has 0 atom stereocenters. The van der Waals surface area contributed by atoms with Crippen LogP contribution in [0.2, 0.25) is 0 Å². The summed E-state index contributed by atoms with van der Waals surface area (Å²) in [5, 5.41) is 11.1. The molecule has 108 valence electrons. The molecule has 0 fully saturated rings. The minimum Gasteiger partial charge on any atom is -0.497 e. The Hall–Kier alpha value is -1.81. The van der Waals surface area contributed by atoms with E-state index in [0.29, 0.717) is 0 Å². The Morgan fingerprint density at radius 1 is 1.20 bits per heavy atom. The normalized spacial score (nSPS) is 10.8. The quantitative estimate of drug-likeness (QED) is 0.789. The Morgan fingerprint density at radius 3 is 2.80 bits per heavy atom. The number of aromatic nitrogens is 1. The van der Waals surface area contributed by atoms with E-state index < -0.39 is 0 Å². The third-order valence-electron chi connectivity index (χ3n) is 3.46. The summed E-state index contributed by atoms with van der Waals surface area (Å²) in [6, 6.07) is 8.05. The van der Waals surface area contributed by atoms with Crippen molar-refractivity contribution in [3.8, 4) is 5.75 Å². The molecule has 1 aromatic heterocycles. The first-order valence-electron chi connectivity index (χ1n) is 7.01. The number of benzene rings is 1. The van der Waals surface area contributed by atoms with Crippen molar-refractivity contribution >= 4 is 16.6 Å². The van der Waals surface area contributed by atoms with Gasteiger partial charge in [0.15, 0.2) is 0 Å². The molecule has 2 aromatic rings. The Bertz CT molecular complexity index is 557. The van der Waals surface area contributed by atoms with Gasteiger partial charge < -0.3 is 14.7 Å². The van der Waals surface area contributed by atoms with E-state index in [9.17, 15) is 0 Å². The molecule has 1 heterocycles. The van der Waals surface area contributed by atoms with Gasteiger partial charge in [0.25, 0.3) is 0 Å². The lowest BCUT2D eigenvalue weighted by Crippen LogP contribution is -2.20. The second kappa shape index (κ2) is 7.10. The average molecular weight is 274 g/mol. The van der Waals surface area contributed by atoms with Crippen LogP contribution in [0.1, 0.15) is 19.3 Å². The zero-order valence-corrected chi connectivity index (χ0v) is 12.2. The van der Waals surface area contributed by atoms with E-state index in [4.69, 9.17) is 9.84 Å². The SMILES string of the molecule is COc1ccc2c(N(C)CCCCCO)nccc2c1. The van der Waals surface area contributed by atoms with Crippen LogP contribution in [0.3, 0.4) is 0 Å². The number of methoxy groups -OCH3 is 1. The highest BCUT2D eigenvalue weighted by Gasteiger charge is 2.08. The fourth-order valence-corrected chi connectivity index (χ4v) is 2.31. The molecule has 0 spiro atoms. The van der Waals surface area contributed by atoms with Gasteiger partial charge in [-0.3, -0.25) is 0 Å². The van der Waals surface area contributed by atoms with Gasteiger partial charge in [-0.15, -0.1) is 0 Å². The van der Waals surface area contributed by atoms with E-state index in [1.165, 1.54) is 0 Å². The monoisotopic (exact) mass is 274 g/mol. The van der Waals surface area contributed by atoms with Crippen LogP contribution < -0.4 is 9.64 Å². The fraction of sp³-hybridized carbons (Fsp3) is 0.438. The third kappa shape index (κ3) is 3.39. The van der Waals surface area contributed by atoms with Crippen molar-refractivity contribution in [3.63, 3.8) is 0 Å². The molecular weight excluding hydrogens is 252 g/mol. The predicted octanol–water partition coefficient (Wildman–Crippen LogP) is 2.84. The van der Waals surface area contributed by atoms with Gasteiger partial charge in [0.05, 0.1) is 7.11 Å². The van der Waals surface area contributed by atoms with Crippen LogP contribution in [0, 0.1) is 0 Å². The van der Waals surface area contributed by atoms with Crippen LogP contribution in [-0.2, 0) is 0 Å². The number of anilines is 1. The van der Waals surface area contributed by atoms with E-state index in [1.807, 2.05) is 24.4 Å². The van der Waals surface area contributed by atoms with Crippen molar-refractivity contribution in [1.82, 2.24) is 4.98 Å². The van der Waals surface area contributed by atoms with Crippen molar-refractivity contribution in [2.45, 2.75) is 19.3 Å². The van der Waals surface area contributed by atoms with E-state index >= 15 is 0 Å². The van der Waals surface area contributed by atoms with Gasteiger partial charge >= 0.3 is 0 Å². The molecular formula is C16H22N2O2. The first-order chi connectivity index (χ1) is 9.76. The second-order valence-electron chi connectivity index (χ2n) is 4.93. The molecule has 0 saturated carbocycles. The Kier molecular flexibility index (Phi) is 5.18. The Balaban J connectivity index is 2.16.